The van der Waals surface area contributed by atoms with E-state index in [2.05, 4.69) is 16.7 Å². The molecule has 0 aromatic heterocycles. The largest absolute Gasteiger partial charge is 0.444 e. The van der Waals surface area contributed by atoms with Crippen LogP contribution in [0.25, 0.3) is 0 Å². The van der Waals surface area contributed by atoms with Gasteiger partial charge in [0.15, 0.2) is 0 Å². The molecule has 26 heavy (non-hydrogen) atoms. The average molecular weight is 357 g/mol. The summed E-state index contributed by atoms with van der Waals surface area (Å²) in [6, 6.07) is 8.52. The minimum absolute atomic E-state index is 0.173. The van der Waals surface area contributed by atoms with Gasteiger partial charge < -0.3 is 15.4 Å². The van der Waals surface area contributed by atoms with Gasteiger partial charge in [0.25, 0.3) is 0 Å². The molecule has 2 rings (SSSR count). The number of hydrogen-bond acceptors (Lipinski definition) is 4. The molecule has 0 unspecified atom stereocenters. The summed E-state index contributed by atoms with van der Waals surface area (Å²) >= 11 is 0. The number of alkyl carbamates (subject to hydrolysis) is 1. The third-order valence-electron chi connectivity index (χ3n) is 4.23. The van der Waals surface area contributed by atoms with E-state index in [1.54, 1.807) is 45.0 Å². The number of hydrogen-bond donors (Lipinski definition) is 2. The highest BCUT2D eigenvalue weighted by atomic mass is 16.6. The van der Waals surface area contributed by atoms with E-state index in [0.717, 1.165) is 31.2 Å². The minimum Gasteiger partial charge on any atom is -0.444 e. The second kappa shape index (κ2) is 8.70. The Morgan fingerprint density at radius 3 is 2.38 bits per heavy atom. The van der Waals surface area contributed by atoms with Crippen molar-refractivity contribution in [3.05, 3.63) is 35.4 Å². The summed E-state index contributed by atoms with van der Waals surface area (Å²) in [5.74, 6) is -0.202. The SMILES string of the molecule is CC(C)(C)OC(=O)N[C@@H](Cc1ccc(C#N)cc1)C(=O)NC1CCCC1. The molecule has 1 aromatic rings. The Kier molecular flexibility index (Phi) is 6.62. The van der Waals surface area contributed by atoms with Crippen molar-refractivity contribution in [2.75, 3.05) is 0 Å². The first kappa shape index (κ1) is 19.8. The molecule has 0 aliphatic heterocycles. The van der Waals surface area contributed by atoms with Crippen LogP contribution in [0.15, 0.2) is 24.3 Å². The van der Waals surface area contributed by atoms with Gasteiger partial charge in [0.2, 0.25) is 5.91 Å². The van der Waals surface area contributed by atoms with E-state index in [9.17, 15) is 9.59 Å². The van der Waals surface area contributed by atoms with Crippen LogP contribution < -0.4 is 10.6 Å². The summed E-state index contributed by atoms with van der Waals surface area (Å²) in [4.78, 5) is 24.8. The van der Waals surface area contributed by atoms with Crippen LogP contribution in [0.5, 0.6) is 0 Å². The van der Waals surface area contributed by atoms with Crippen LogP contribution in [-0.2, 0) is 16.0 Å². The Labute approximate surface area is 154 Å². The normalized spacial score (nSPS) is 15.8. The topological polar surface area (TPSA) is 91.2 Å². The first-order valence-corrected chi connectivity index (χ1v) is 9.06. The summed E-state index contributed by atoms with van der Waals surface area (Å²) in [5, 5.41) is 14.6. The van der Waals surface area contributed by atoms with Crippen LogP contribution in [-0.4, -0.2) is 29.7 Å². The molecule has 1 fully saturated rings. The maximum atomic E-state index is 12.7. The number of nitriles is 1. The molecule has 2 N–H and O–H groups in total. The monoisotopic (exact) mass is 357 g/mol. The zero-order valence-corrected chi connectivity index (χ0v) is 15.7. The quantitative estimate of drug-likeness (QED) is 0.847. The van der Waals surface area contributed by atoms with Crippen molar-refractivity contribution in [3.8, 4) is 6.07 Å². The zero-order chi connectivity index (χ0) is 19.2. The van der Waals surface area contributed by atoms with Gasteiger partial charge in [-0.1, -0.05) is 25.0 Å². The lowest BCUT2D eigenvalue weighted by Gasteiger charge is -2.24. The van der Waals surface area contributed by atoms with Crippen molar-refractivity contribution in [1.29, 1.82) is 5.26 Å². The van der Waals surface area contributed by atoms with Crippen LogP contribution in [0.1, 0.15) is 57.6 Å². The molecule has 0 saturated heterocycles. The lowest BCUT2D eigenvalue weighted by molar-refractivity contribution is -0.123. The van der Waals surface area contributed by atoms with Gasteiger partial charge in [0, 0.05) is 12.5 Å². The maximum Gasteiger partial charge on any atom is 0.408 e. The molecule has 1 aliphatic rings. The lowest BCUT2D eigenvalue weighted by Crippen LogP contribution is -2.51. The smallest absolute Gasteiger partial charge is 0.408 e. The van der Waals surface area contributed by atoms with Gasteiger partial charge in [-0.05, 0) is 51.3 Å². The van der Waals surface area contributed by atoms with Crippen molar-refractivity contribution < 1.29 is 14.3 Å². The first-order valence-electron chi connectivity index (χ1n) is 9.06. The number of benzene rings is 1. The number of carbonyl (C=O) groups is 2. The predicted molar refractivity (Wildman–Crippen MR) is 98.4 cm³/mol. The lowest BCUT2D eigenvalue weighted by atomic mass is 10.0. The van der Waals surface area contributed by atoms with Gasteiger partial charge in [0.1, 0.15) is 11.6 Å². The Balaban J connectivity index is 2.07. The van der Waals surface area contributed by atoms with E-state index < -0.39 is 17.7 Å². The summed E-state index contributed by atoms with van der Waals surface area (Å²) in [5.41, 5.74) is 0.790. The standard InChI is InChI=1S/C20H27N3O3/c1-20(2,3)26-19(25)23-17(18(24)22-16-6-4-5-7-16)12-14-8-10-15(13-21)11-9-14/h8-11,16-17H,4-7,12H2,1-3H3,(H,22,24)(H,23,25)/t17-/m0/s1. The zero-order valence-electron chi connectivity index (χ0n) is 15.7. The van der Waals surface area contributed by atoms with E-state index in [4.69, 9.17) is 10.00 Å². The Morgan fingerprint density at radius 2 is 1.85 bits per heavy atom. The van der Waals surface area contributed by atoms with Crippen LogP contribution in [0.3, 0.4) is 0 Å². The van der Waals surface area contributed by atoms with Crippen molar-refractivity contribution in [2.45, 2.75) is 70.6 Å². The summed E-state index contributed by atoms with van der Waals surface area (Å²) in [6.07, 6.45) is 3.90. The Hall–Kier alpha value is -2.55. The van der Waals surface area contributed by atoms with Crippen LogP contribution in [0, 0.1) is 11.3 Å². The highest BCUT2D eigenvalue weighted by Crippen LogP contribution is 2.18. The summed E-state index contributed by atoms with van der Waals surface area (Å²) < 4.78 is 5.29. The molecule has 0 radical (unpaired) electrons. The first-order chi connectivity index (χ1) is 12.3. The Morgan fingerprint density at radius 1 is 1.23 bits per heavy atom. The van der Waals surface area contributed by atoms with Crippen LogP contribution in [0.2, 0.25) is 0 Å². The molecule has 140 valence electrons. The highest BCUT2D eigenvalue weighted by molar-refractivity contribution is 5.86. The van der Waals surface area contributed by atoms with E-state index in [1.807, 2.05) is 0 Å². The van der Waals surface area contributed by atoms with Crippen LogP contribution >= 0.6 is 0 Å². The van der Waals surface area contributed by atoms with Gasteiger partial charge in [0.05, 0.1) is 11.6 Å². The van der Waals surface area contributed by atoms with E-state index in [-0.39, 0.29) is 11.9 Å². The van der Waals surface area contributed by atoms with E-state index >= 15 is 0 Å². The molecule has 1 aliphatic carbocycles. The van der Waals surface area contributed by atoms with E-state index in [1.165, 1.54) is 0 Å². The molecular formula is C20H27N3O3. The predicted octanol–water partition coefficient (Wildman–Crippen LogP) is 3.05. The van der Waals surface area contributed by atoms with Crippen molar-refractivity contribution in [3.63, 3.8) is 0 Å². The molecule has 1 aromatic carbocycles. The van der Waals surface area contributed by atoms with Gasteiger partial charge in [-0.3, -0.25) is 4.79 Å². The third-order valence-corrected chi connectivity index (χ3v) is 4.23. The molecule has 6 heteroatoms. The average Bonchev–Trinajstić information content (AvgIpc) is 3.06. The fourth-order valence-electron chi connectivity index (χ4n) is 2.98. The van der Waals surface area contributed by atoms with Gasteiger partial charge >= 0.3 is 6.09 Å². The number of amides is 2. The molecule has 6 nitrogen and oxygen atoms in total. The molecular weight excluding hydrogens is 330 g/mol. The van der Waals surface area contributed by atoms with Crippen molar-refractivity contribution >= 4 is 12.0 Å². The number of ether oxygens (including phenoxy) is 1. The number of carbonyl (C=O) groups excluding carboxylic acids is 2. The number of rotatable bonds is 5. The third kappa shape index (κ3) is 6.40. The van der Waals surface area contributed by atoms with Crippen LogP contribution in [0.4, 0.5) is 4.79 Å². The minimum atomic E-state index is -0.724. The summed E-state index contributed by atoms with van der Waals surface area (Å²) in [6.45, 7) is 5.34. The number of nitrogens with one attached hydrogen (secondary N) is 2. The fraction of sp³-hybridized carbons (Fsp3) is 0.550. The molecule has 0 bridgehead atoms. The second-order valence-electron chi connectivity index (χ2n) is 7.70. The van der Waals surface area contributed by atoms with Crippen molar-refractivity contribution in [1.82, 2.24) is 10.6 Å². The molecule has 1 saturated carbocycles. The molecule has 2 amide bonds. The Bertz CT molecular complexity index is 665. The second-order valence-corrected chi connectivity index (χ2v) is 7.70. The molecule has 1 atom stereocenters. The van der Waals surface area contributed by atoms with Gasteiger partial charge in [-0.2, -0.15) is 5.26 Å². The maximum absolute atomic E-state index is 12.7. The molecule has 0 heterocycles. The van der Waals surface area contributed by atoms with Gasteiger partial charge in [-0.15, -0.1) is 0 Å². The molecule has 0 spiro atoms. The van der Waals surface area contributed by atoms with Crippen molar-refractivity contribution in [2.24, 2.45) is 0 Å². The van der Waals surface area contributed by atoms with E-state index in [0.29, 0.717) is 12.0 Å². The van der Waals surface area contributed by atoms with Gasteiger partial charge in [-0.25, -0.2) is 4.79 Å². The fourth-order valence-corrected chi connectivity index (χ4v) is 2.98. The number of nitrogens with zero attached hydrogens (tertiary/aromatic N) is 1. The highest BCUT2D eigenvalue weighted by Gasteiger charge is 2.27. The summed E-state index contributed by atoms with van der Waals surface area (Å²) in [7, 11) is 0.